The van der Waals surface area contributed by atoms with E-state index in [-0.39, 0.29) is 5.56 Å². The molecule has 0 radical (unpaired) electrons. The molecule has 3 N–H and O–H groups in total. The fourth-order valence-electron chi connectivity index (χ4n) is 2.10. The van der Waals surface area contributed by atoms with Crippen LogP contribution in [0.2, 0.25) is 0 Å². The van der Waals surface area contributed by atoms with E-state index in [4.69, 9.17) is 4.74 Å². The van der Waals surface area contributed by atoms with E-state index in [0.29, 0.717) is 6.42 Å². The maximum atomic E-state index is 12.0. The highest BCUT2D eigenvalue weighted by molar-refractivity contribution is 5.91. The summed E-state index contributed by atoms with van der Waals surface area (Å²) < 4.78 is 5.28. The normalized spacial score (nSPS) is 11.9. The zero-order valence-electron chi connectivity index (χ0n) is 12.9. The number of benzene rings is 1. The maximum Gasteiger partial charge on any atom is 0.338 e. The average Bonchev–Trinajstić information content (AvgIpc) is 2.50. The summed E-state index contributed by atoms with van der Waals surface area (Å²) >= 11 is 0. The third kappa shape index (κ3) is 5.31. The van der Waals surface area contributed by atoms with Crippen molar-refractivity contribution in [1.29, 1.82) is 0 Å². The molecule has 0 aromatic heterocycles. The lowest BCUT2D eigenvalue weighted by Gasteiger charge is -2.14. The zero-order chi connectivity index (χ0) is 16.5. The van der Waals surface area contributed by atoms with Crippen LogP contribution in [0.1, 0.15) is 55.8 Å². The Morgan fingerprint density at radius 1 is 1.18 bits per heavy atom. The molecular weight excluding hydrogens is 284 g/mol. The molecule has 0 saturated heterocycles. The quantitative estimate of drug-likeness (QED) is 0.279. The Labute approximate surface area is 130 Å². The molecule has 0 bridgehead atoms. The SMILES string of the molecule is C=CC(CCCCCCC)OC(=O)c1cc(O)c(O)c(O)c1. The Morgan fingerprint density at radius 3 is 2.32 bits per heavy atom. The number of aromatic hydroxyl groups is 3. The van der Waals surface area contributed by atoms with Gasteiger partial charge in [0.2, 0.25) is 0 Å². The fourth-order valence-corrected chi connectivity index (χ4v) is 2.10. The smallest absolute Gasteiger partial charge is 0.338 e. The van der Waals surface area contributed by atoms with Crippen molar-refractivity contribution < 1.29 is 24.9 Å². The van der Waals surface area contributed by atoms with Crippen LogP contribution in [0.3, 0.4) is 0 Å². The second-order valence-corrected chi connectivity index (χ2v) is 5.25. The molecule has 0 aliphatic carbocycles. The molecule has 1 rings (SSSR count). The summed E-state index contributed by atoms with van der Waals surface area (Å²) in [6, 6.07) is 2.11. The molecule has 0 amide bonds. The van der Waals surface area contributed by atoms with E-state index in [9.17, 15) is 20.1 Å². The minimum atomic E-state index is -0.677. The molecule has 0 aliphatic rings. The van der Waals surface area contributed by atoms with Gasteiger partial charge in [0.25, 0.3) is 0 Å². The Bertz CT molecular complexity index is 487. The van der Waals surface area contributed by atoms with E-state index in [0.717, 1.165) is 31.4 Å². The van der Waals surface area contributed by atoms with Crippen molar-refractivity contribution in [3.05, 3.63) is 30.4 Å². The second kappa shape index (κ2) is 8.97. The molecular formula is C17H24O5. The Hall–Kier alpha value is -2.17. The van der Waals surface area contributed by atoms with E-state index in [2.05, 4.69) is 13.5 Å². The topological polar surface area (TPSA) is 87.0 Å². The number of hydrogen-bond donors (Lipinski definition) is 3. The Kier molecular flexibility index (Phi) is 7.29. The molecule has 0 aliphatic heterocycles. The van der Waals surface area contributed by atoms with Crippen molar-refractivity contribution in [2.75, 3.05) is 0 Å². The summed E-state index contributed by atoms with van der Waals surface area (Å²) in [4.78, 5) is 12.0. The highest BCUT2D eigenvalue weighted by Gasteiger charge is 2.17. The van der Waals surface area contributed by atoms with Gasteiger partial charge in [-0.25, -0.2) is 4.79 Å². The van der Waals surface area contributed by atoms with Crippen LogP contribution in [0, 0.1) is 0 Å². The number of unbranched alkanes of at least 4 members (excludes halogenated alkanes) is 4. The highest BCUT2D eigenvalue weighted by atomic mass is 16.5. The molecule has 0 heterocycles. The standard InChI is InChI=1S/C17H24O5/c1-3-5-6-7-8-9-13(4-2)22-17(21)12-10-14(18)16(20)15(19)11-12/h4,10-11,13,18-20H,2-3,5-9H2,1H3. The first-order chi connectivity index (χ1) is 10.5. The Balaban J connectivity index is 2.56. The van der Waals surface area contributed by atoms with Gasteiger partial charge in [0, 0.05) is 0 Å². The number of esters is 1. The summed E-state index contributed by atoms with van der Waals surface area (Å²) in [7, 11) is 0. The van der Waals surface area contributed by atoms with Gasteiger partial charge in [0.15, 0.2) is 17.2 Å². The predicted octanol–water partition coefficient (Wildman–Crippen LogP) is 3.88. The van der Waals surface area contributed by atoms with Crippen molar-refractivity contribution in [2.24, 2.45) is 0 Å². The largest absolute Gasteiger partial charge is 0.504 e. The molecule has 0 saturated carbocycles. The third-order valence-corrected chi connectivity index (χ3v) is 3.42. The van der Waals surface area contributed by atoms with Crippen LogP contribution in [0.4, 0.5) is 0 Å². The summed E-state index contributed by atoms with van der Waals surface area (Å²) in [5.41, 5.74) is -0.0226. The molecule has 22 heavy (non-hydrogen) atoms. The molecule has 5 heteroatoms. The second-order valence-electron chi connectivity index (χ2n) is 5.25. The molecule has 122 valence electrons. The van der Waals surface area contributed by atoms with Gasteiger partial charge in [-0.3, -0.25) is 0 Å². The minimum Gasteiger partial charge on any atom is -0.504 e. The average molecular weight is 308 g/mol. The van der Waals surface area contributed by atoms with Crippen molar-refractivity contribution in [3.63, 3.8) is 0 Å². The summed E-state index contributed by atoms with van der Waals surface area (Å²) in [6.07, 6.45) is 7.40. The van der Waals surface area contributed by atoms with Crippen LogP contribution < -0.4 is 0 Å². The lowest BCUT2D eigenvalue weighted by molar-refractivity contribution is 0.0375. The lowest BCUT2D eigenvalue weighted by atomic mass is 10.1. The molecule has 0 fully saturated rings. The number of ether oxygens (including phenoxy) is 1. The van der Waals surface area contributed by atoms with Gasteiger partial charge in [0.05, 0.1) is 5.56 Å². The predicted molar refractivity (Wildman–Crippen MR) is 84.2 cm³/mol. The fraction of sp³-hybridized carbons (Fsp3) is 0.471. The van der Waals surface area contributed by atoms with E-state index in [1.165, 1.54) is 12.8 Å². The van der Waals surface area contributed by atoms with E-state index >= 15 is 0 Å². The van der Waals surface area contributed by atoms with E-state index in [1.807, 2.05) is 0 Å². The maximum absolute atomic E-state index is 12.0. The summed E-state index contributed by atoms with van der Waals surface area (Å²) in [5.74, 6) is -2.47. The minimum absolute atomic E-state index is 0.0226. The first kappa shape index (κ1) is 17.9. The van der Waals surface area contributed by atoms with Crippen molar-refractivity contribution in [1.82, 2.24) is 0 Å². The van der Waals surface area contributed by atoms with E-state index in [1.54, 1.807) is 6.08 Å². The van der Waals surface area contributed by atoms with Gasteiger partial charge in [-0.15, -0.1) is 0 Å². The van der Waals surface area contributed by atoms with Crippen LogP contribution in [0.15, 0.2) is 24.8 Å². The van der Waals surface area contributed by atoms with Gasteiger partial charge < -0.3 is 20.1 Å². The molecule has 1 aromatic rings. The van der Waals surface area contributed by atoms with Gasteiger partial charge in [0.1, 0.15) is 6.10 Å². The van der Waals surface area contributed by atoms with Crippen LogP contribution in [-0.4, -0.2) is 27.4 Å². The third-order valence-electron chi connectivity index (χ3n) is 3.42. The number of carbonyl (C=O) groups is 1. The Morgan fingerprint density at radius 2 is 1.77 bits per heavy atom. The number of rotatable bonds is 9. The number of carbonyl (C=O) groups excluding carboxylic acids is 1. The monoisotopic (exact) mass is 308 g/mol. The van der Waals surface area contributed by atoms with Gasteiger partial charge in [-0.05, 0) is 25.0 Å². The van der Waals surface area contributed by atoms with Gasteiger partial charge in [-0.2, -0.15) is 0 Å². The molecule has 0 spiro atoms. The zero-order valence-corrected chi connectivity index (χ0v) is 12.9. The van der Waals surface area contributed by atoms with E-state index < -0.39 is 29.3 Å². The number of hydrogen-bond acceptors (Lipinski definition) is 5. The summed E-state index contributed by atoms with van der Waals surface area (Å²) in [5, 5.41) is 28.1. The van der Waals surface area contributed by atoms with Crippen LogP contribution in [0.25, 0.3) is 0 Å². The molecule has 1 unspecified atom stereocenters. The van der Waals surface area contributed by atoms with Crippen LogP contribution in [0.5, 0.6) is 17.2 Å². The lowest BCUT2D eigenvalue weighted by Crippen LogP contribution is -2.16. The number of phenols is 3. The summed E-state index contributed by atoms with van der Waals surface area (Å²) in [6.45, 7) is 5.81. The first-order valence-electron chi connectivity index (χ1n) is 7.58. The van der Waals surface area contributed by atoms with Crippen LogP contribution in [-0.2, 0) is 4.74 Å². The van der Waals surface area contributed by atoms with Gasteiger partial charge in [-0.1, -0.05) is 45.3 Å². The molecule has 1 atom stereocenters. The van der Waals surface area contributed by atoms with Crippen LogP contribution >= 0.6 is 0 Å². The van der Waals surface area contributed by atoms with Gasteiger partial charge >= 0.3 is 5.97 Å². The van der Waals surface area contributed by atoms with Crippen molar-refractivity contribution in [2.45, 2.75) is 51.6 Å². The first-order valence-corrected chi connectivity index (χ1v) is 7.58. The van der Waals surface area contributed by atoms with Crippen molar-refractivity contribution in [3.8, 4) is 17.2 Å². The highest BCUT2D eigenvalue weighted by Crippen LogP contribution is 2.35. The molecule has 5 nitrogen and oxygen atoms in total. The number of phenolic OH excluding ortho intramolecular Hbond substituents is 3. The van der Waals surface area contributed by atoms with Crippen molar-refractivity contribution >= 4 is 5.97 Å². The molecule has 1 aromatic carbocycles.